The smallest absolute Gasteiger partial charge is 0.0974 e. The summed E-state index contributed by atoms with van der Waals surface area (Å²) in [4.78, 5) is 0. The van der Waals surface area contributed by atoms with Gasteiger partial charge in [-0.3, -0.25) is 0 Å². The van der Waals surface area contributed by atoms with Gasteiger partial charge in [0, 0.05) is 6.04 Å². The summed E-state index contributed by atoms with van der Waals surface area (Å²) < 4.78 is 0. The molecule has 4 heteroatoms. The molecule has 1 aliphatic heterocycles. The molecule has 0 saturated carbocycles. The Bertz CT molecular complexity index is 165. The fourth-order valence-electron chi connectivity index (χ4n) is 1.98. The lowest BCUT2D eigenvalue weighted by Crippen LogP contribution is -2.58. The van der Waals surface area contributed by atoms with Crippen molar-refractivity contribution >= 4 is 0 Å². The van der Waals surface area contributed by atoms with Gasteiger partial charge in [0.25, 0.3) is 0 Å². The van der Waals surface area contributed by atoms with E-state index < -0.39 is 12.2 Å². The van der Waals surface area contributed by atoms with Gasteiger partial charge >= 0.3 is 0 Å². The van der Waals surface area contributed by atoms with E-state index in [2.05, 4.69) is 12.2 Å². The van der Waals surface area contributed by atoms with Gasteiger partial charge in [0.15, 0.2) is 0 Å². The van der Waals surface area contributed by atoms with Crippen LogP contribution in [0.25, 0.3) is 0 Å². The molecule has 4 N–H and O–H groups in total. The van der Waals surface area contributed by atoms with E-state index in [4.69, 9.17) is 5.11 Å². The number of aliphatic hydroxyl groups is 3. The van der Waals surface area contributed by atoms with Crippen molar-refractivity contribution < 1.29 is 15.3 Å². The van der Waals surface area contributed by atoms with Crippen LogP contribution in [-0.2, 0) is 0 Å². The predicted molar refractivity (Wildman–Crippen MR) is 54.0 cm³/mol. The van der Waals surface area contributed by atoms with E-state index in [9.17, 15) is 10.2 Å². The van der Waals surface area contributed by atoms with E-state index >= 15 is 0 Å². The Balaban J connectivity index is 2.41. The van der Waals surface area contributed by atoms with Gasteiger partial charge < -0.3 is 20.6 Å². The molecule has 1 rings (SSSR count). The zero-order valence-corrected chi connectivity index (χ0v) is 8.69. The molecule has 0 bridgehead atoms. The second-order valence-corrected chi connectivity index (χ2v) is 4.09. The van der Waals surface area contributed by atoms with Crippen molar-refractivity contribution in [3.8, 4) is 0 Å². The standard InChI is InChI=1S/C10H21NO3/c1-2-3-4-7-5-9(13)10(14)8(6-12)11-7/h7-14H,2-6H2,1H3/t7-,8-,9+,10+/m1/s1. The quantitative estimate of drug-likeness (QED) is 0.502. The normalized spacial score (nSPS) is 38.6. The van der Waals surface area contributed by atoms with Gasteiger partial charge in [-0.1, -0.05) is 19.8 Å². The molecule has 0 amide bonds. The molecule has 4 nitrogen and oxygen atoms in total. The van der Waals surface area contributed by atoms with Gasteiger partial charge in [0.2, 0.25) is 0 Å². The van der Waals surface area contributed by atoms with Crippen LogP contribution in [0.15, 0.2) is 0 Å². The first kappa shape index (κ1) is 11.9. The fourth-order valence-corrected chi connectivity index (χ4v) is 1.98. The van der Waals surface area contributed by atoms with Crippen molar-refractivity contribution in [2.24, 2.45) is 0 Å². The summed E-state index contributed by atoms with van der Waals surface area (Å²) >= 11 is 0. The van der Waals surface area contributed by atoms with Crippen molar-refractivity contribution in [1.82, 2.24) is 5.32 Å². The van der Waals surface area contributed by atoms with Gasteiger partial charge in [-0.15, -0.1) is 0 Å². The maximum atomic E-state index is 9.55. The summed E-state index contributed by atoms with van der Waals surface area (Å²) in [5.74, 6) is 0. The highest BCUT2D eigenvalue weighted by atomic mass is 16.3. The van der Waals surface area contributed by atoms with Gasteiger partial charge in [-0.25, -0.2) is 0 Å². The Kier molecular flexibility index (Phi) is 4.81. The molecule has 0 aliphatic carbocycles. The number of rotatable bonds is 4. The lowest BCUT2D eigenvalue weighted by Gasteiger charge is -2.37. The zero-order valence-electron chi connectivity index (χ0n) is 8.69. The molecule has 1 fully saturated rings. The van der Waals surface area contributed by atoms with E-state index in [-0.39, 0.29) is 18.7 Å². The molecule has 0 unspecified atom stereocenters. The van der Waals surface area contributed by atoms with Crippen molar-refractivity contribution in [1.29, 1.82) is 0 Å². The lowest BCUT2D eigenvalue weighted by molar-refractivity contribution is -0.0518. The highest BCUT2D eigenvalue weighted by Gasteiger charge is 2.34. The predicted octanol–water partition coefficient (Wildman–Crippen LogP) is -0.379. The van der Waals surface area contributed by atoms with Crippen LogP contribution in [-0.4, -0.2) is 46.2 Å². The van der Waals surface area contributed by atoms with Crippen LogP contribution in [0, 0.1) is 0 Å². The average Bonchev–Trinajstić information content (AvgIpc) is 2.19. The van der Waals surface area contributed by atoms with Crippen LogP contribution >= 0.6 is 0 Å². The van der Waals surface area contributed by atoms with Gasteiger partial charge in [0.1, 0.15) is 0 Å². The third-order valence-electron chi connectivity index (χ3n) is 2.89. The Hall–Kier alpha value is -0.160. The Morgan fingerprint density at radius 2 is 2.07 bits per heavy atom. The number of nitrogens with one attached hydrogen (secondary N) is 1. The number of aliphatic hydroxyl groups excluding tert-OH is 3. The molecule has 84 valence electrons. The maximum absolute atomic E-state index is 9.55. The second kappa shape index (κ2) is 5.66. The maximum Gasteiger partial charge on any atom is 0.0974 e. The molecular weight excluding hydrogens is 182 g/mol. The minimum absolute atomic E-state index is 0.124. The first-order valence-electron chi connectivity index (χ1n) is 5.42. The molecule has 1 aliphatic rings. The first-order chi connectivity index (χ1) is 6.69. The van der Waals surface area contributed by atoms with Crippen LogP contribution in [0.4, 0.5) is 0 Å². The largest absolute Gasteiger partial charge is 0.395 e. The molecule has 0 spiro atoms. The molecule has 4 atom stereocenters. The van der Waals surface area contributed by atoms with Crippen molar-refractivity contribution in [2.45, 2.75) is 56.9 Å². The summed E-state index contributed by atoms with van der Waals surface area (Å²) in [6.07, 6.45) is 2.28. The van der Waals surface area contributed by atoms with Crippen LogP contribution in [0.3, 0.4) is 0 Å². The third-order valence-corrected chi connectivity index (χ3v) is 2.89. The zero-order chi connectivity index (χ0) is 10.6. The van der Waals surface area contributed by atoms with E-state index in [1.807, 2.05) is 0 Å². The topological polar surface area (TPSA) is 72.7 Å². The Labute approximate surface area is 85.0 Å². The van der Waals surface area contributed by atoms with Crippen molar-refractivity contribution in [3.63, 3.8) is 0 Å². The minimum atomic E-state index is -0.835. The molecule has 0 aromatic heterocycles. The molecule has 0 radical (unpaired) electrons. The number of hydrogen-bond donors (Lipinski definition) is 4. The first-order valence-corrected chi connectivity index (χ1v) is 5.42. The Morgan fingerprint density at radius 3 is 2.64 bits per heavy atom. The monoisotopic (exact) mass is 203 g/mol. The summed E-state index contributed by atoms with van der Waals surface area (Å²) in [5.41, 5.74) is 0. The fraction of sp³-hybridized carbons (Fsp3) is 1.00. The SMILES string of the molecule is CCCC[C@@H]1C[C@H](O)[C@@H](O)[C@@H](CO)N1. The average molecular weight is 203 g/mol. The molecule has 1 saturated heterocycles. The van der Waals surface area contributed by atoms with E-state index in [0.717, 1.165) is 19.3 Å². The number of unbranched alkanes of at least 4 members (excludes halogenated alkanes) is 1. The number of piperidine rings is 1. The molecule has 14 heavy (non-hydrogen) atoms. The van der Waals surface area contributed by atoms with Crippen LogP contribution in [0.5, 0.6) is 0 Å². The highest BCUT2D eigenvalue weighted by molar-refractivity contribution is 4.91. The molecular formula is C10H21NO3. The van der Waals surface area contributed by atoms with Crippen LogP contribution in [0.2, 0.25) is 0 Å². The third kappa shape index (κ3) is 2.92. The van der Waals surface area contributed by atoms with E-state index in [1.54, 1.807) is 0 Å². The molecule has 1 heterocycles. The van der Waals surface area contributed by atoms with Crippen molar-refractivity contribution in [3.05, 3.63) is 0 Å². The lowest BCUT2D eigenvalue weighted by atomic mass is 9.91. The summed E-state index contributed by atoms with van der Waals surface area (Å²) in [6.45, 7) is 2.00. The van der Waals surface area contributed by atoms with Gasteiger partial charge in [0.05, 0.1) is 24.9 Å². The summed E-state index contributed by atoms with van der Waals surface area (Å²) in [5, 5.41) is 31.2. The van der Waals surface area contributed by atoms with E-state index in [1.165, 1.54) is 0 Å². The minimum Gasteiger partial charge on any atom is -0.395 e. The van der Waals surface area contributed by atoms with Crippen molar-refractivity contribution in [2.75, 3.05) is 6.61 Å². The second-order valence-electron chi connectivity index (χ2n) is 4.09. The Morgan fingerprint density at radius 1 is 1.36 bits per heavy atom. The summed E-state index contributed by atoms with van der Waals surface area (Å²) in [6, 6.07) is -0.147. The van der Waals surface area contributed by atoms with Crippen LogP contribution in [0.1, 0.15) is 32.6 Å². The molecule has 0 aromatic rings. The van der Waals surface area contributed by atoms with E-state index in [0.29, 0.717) is 6.42 Å². The molecule has 0 aromatic carbocycles. The highest BCUT2D eigenvalue weighted by Crippen LogP contribution is 2.18. The van der Waals surface area contributed by atoms with Gasteiger partial charge in [-0.2, -0.15) is 0 Å². The van der Waals surface area contributed by atoms with Crippen LogP contribution < -0.4 is 5.32 Å². The number of hydrogen-bond acceptors (Lipinski definition) is 4. The van der Waals surface area contributed by atoms with Gasteiger partial charge in [-0.05, 0) is 12.8 Å². The summed E-state index contributed by atoms with van der Waals surface area (Å²) in [7, 11) is 0.